The van der Waals surface area contributed by atoms with Gasteiger partial charge in [-0.2, -0.15) is 12.6 Å². The standard InChI is InChI=1S/C30H34N6O10S/c37-27(25-2-1-12-33(25)29(39)45-17-19-3-7-22(8-4-19)35(41)42)31-21-11-13-32(15-21)28(38)26-14-24(47)16-34(26)30(40)46-18-20-5-9-23(10-6-20)36(43)44/h3-10,21,24-26,47H,1-2,11-18H2,(H,31,37)/t21-,24-,25+,26-/m0/s1. The zero-order chi connectivity index (χ0) is 33.7. The van der Waals surface area contributed by atoms with E-state index in [9.17, 15) is 39.4 Å². The number of nitro groups is 2. The summed E-state index contributed by atoms with van der Waals surface area (Å²) in [6, 6.07) is 9.40. The number of carbonyl (C=O) groups excluding carboxylic acids is 4. The zero-order valence-corrected chi connectivity index (χ0v) is 26.2. The minimum atomic E-state index is -0.785. The molecule has 2 aromatic rings. The van der Waals surface area contributed by atoms with Crippen LogP contribution in [0.2, 0.25) is 0 Å². The van der Waals surface area contributed by atoms with Gasteiger partial charge < -0.3 is 19.7 Å². The van der Waals surface area contributed by atoms with Gasteiger partial charge in [-0.05, 0) is 61.1 Å². The Kier molecular flexibility index (Phi) is 10.4. The van der Waals surface area contributed by atoms with E-state index in [0.29, 0.717) is 49.9 Å². The molecule has 0 aliphatic carbocycles. The Labute approximate surface area is 274 Å². The van der Waals surface area contributed by atoms with Gasteiger partial charge in [0.1, 0.15) is 25.3 Å². The van der Waals surface area contributed by atoms with Crippen molar-refractivity contribution in [2.75, 3.05) is 26.2 Å². The Morgan fingerprint density at radius 2 is 1.34 bits per heavy atom. The van der Waals surface area contributed by atoms with Crippen LogP contribution in [0.4, 0.5) is 21.0 Å². The summed E-state index contributed by atoms with van der Waals surface area (Å²) in [7, 11) is 0. The molecule has 3 fully saturated rings. The second-order valence-corrected chi connectivity index (χ2v) is 12.4. The summed E-state index contributed by atoms with van der Waals surface area (Å²) in [6.45, 7) is 0.944. The maximum atomic E-state index is 13.5. The topological polar surface area (TPSA) is 195 Å². The van der Waals surface area contributed by atoms with Crippen LogP contribution in [0.3, 0.4) is 0 Å². The number of rotatable bonds is 9. The molecule has 1 N–H and O–H groups in total. The number of likely N-dealkylation sites (tertiary alicyclic amines) is 3. The molecular weight excluding hydrogens is 636 g/mol. The van der Waals surface area contributed by atoms with E-state index in [2.05, 4.69) is 17.9 Å². The number of hydrogen-bond donors (Lipinski definition) is 2. The second-order valence-electron chi connectivity index (χ2n) is 11.6. The van der Waals surface area contributed by atoms with Gasteiger partial charge >= 0.3 is 12.2 Å². The predicted octanol–water partition coefficient (Wildman–Crippen LogP) is 3.03. The van der Waals surface area contributed by atoms with E-state index in [4.69, 9.17) is 9.47 Å². The van der Waals surface area contributed by atoms with E-state index in [1.807, 2.05) is 0 Å². The Bertz CT molecular complexity index is 1520. The molecule has 3 saturated heterocycles. The third kappa shape index (κ3) is 8.08. The van der Waals surface area contributed by atoms with E-state index in [0.717, 1.165) is 0 Å². The summed E-state index contributed by atoms with van der Waals surface area (Å²) in [5.41, 5.74) is 0.977. The molecule has 3 aliphatic rings. The van der Waals surface area contributed by atoms with Gasteiger partial charge in [0, 0.05) is 61.7 Å². The van der Waals surface area contributed by atoms with Crippen molar-refractivity contribution >= 4 is 48.0 Å². The highest BCUT2D eigenvalue weighted by atomic mass is 32.1. The van der Waals surface area contributed by atoms with Crippen molar-refractivity contribution in [2.45, 2.75) is 62.3 Å². The number of amides is 4. The summed E-state index contributed by atoms with van der Waals surface area (Å²) >= 11 is 4.49. The first-order chi connectivity index (χ1) is 22.5. The molecule has 3 aliphatic heterocycles. The van der Waals surface area contributed by atoms with Crippen molar-refractivity contribution in [1.29, 1.82) is 0 Å². The average molecular weight is 671 g/mol. The van der Waals surface area contributed by atoms with Crippen molar-refractivity contribution in [2.24, 2.45) is 0 Å². The fourth-order valence-electron chi connectivity index (χ4n) is 5.98. The lowest BCUT2D eigenvalue weighted by Crippen LogP contribution is -2.51. The van der Waals surface area contributed by atoms with Crippen LogP contribution in [0.5, 0.6) is 0 Å². The van der Waals surface area contributed by atoms with E-state index in [-0.39, 0.29) is 60.8 Å². The molecule has 17 heteroatoms. The monoisotopic (exact) mass is 670 g/mol. The summed E-state index contributed by atoms with van der Waals surface area (Å²) < 4.78 is 10.8. The van der Waals surface area contributed by atoms with E-state index >= 15 is 0 Å². The first kappa shape index (κ1) is 33.4. The molecule has 3 heterocycles. The molecule has 0 spiro atoms. The smallest absolute Gasteiger partial charge is 0.410 e. The highest BCUT2D eigenvalue weighted by Gasteiger charge is 2.43. The molecule has 0 radical (unpaired) electrons. The molecule has 47 heavy (non-hydrogen) atoms. The number of benzene rings is 2. The molecule has 0 aromatic heterocycles. The van der Waals surface area contributed by atoms with Crippen LogP contribution >= 0.6 is 12.6 Å². The van der Waals surface area contributed by atoms with Crippen LogP contribution in [-0.2, 0) is 32.3 Å². The van der Waals surface area contributed by atoms with E-state index in [1.54, 1.807) is 4.90 Å². The van der Waals surface area contributed by atoms with Gasteiger partial charge in [0.2, 0.25) is 11.8 Å². The minimum Gasteiger partial charge on any atom is -0.445 e. The number of ether oxygens (including phenoxy) is 2. The van der Waals surface area contributed by atoms with Gasteiger partial charge in [-0.15, -0.1) is 0 Å². The maximum Gasteiger partial charge on any atom is 0.410 e. The van der Waals surface area contributed by atoms with Crippen LogP contribution in [0, 0.1) is 20.2 Å². The molecule has 4 atom stereocenters. The first-order valence-electron chi connectivity index (χ1n) is 15.1. The van der Waals surface area contributed by atoms with Crippen LogP contribution < -0.4 is 5.32 Å². The Hall–Kier alpha value is -4.93. The molecule has 5 rings (SSSR count). The van der Waals surface area contributed by atoms with Crippen molar-refractivity contribution < 1.29 is 38.5 Å². The summed E-state index contributed by atoms with van der Waals surface area (Å²) in [5.74, 6) is -0.621. The highest BCUT2D eigenvalue weighted by molar-refractivity contribution is 7.81. The largest absolute Gasteiger partial charge is 0.445 e. The molecular formula is C30H34N6O10S. The number of nitrogens with one attached hydrogen (secondary N) is 1. The predicted molar refractivity (Wildman–Crippen MR) is 167 cm³/mol. The number of carbonyl (C=O) groups is 4. The van der Waals surface area contributed by atoms with Crippen molar-refractivity contribution in [3.63, 3.8) is 0 Å². The maximum absolute atomic E-state index is 13.5. The average Bonchev–Trinajstić information content (AvgIpc) is 3.83. The number of thiol groups is 1. The molecule has 250 valence electrons. The Balaban J connectivity index is 1.10. The fourth-order valence-corrected chi connectivity index (χ4v) is 6.35. The number of nitrogens with zero attached hydrogens (tertiary/aromatic N) is 5. The van der Waals surface area contributed by atoms with Gasteiger partial charge in [0.05, 0.1) is 9.85 Å². The lowest BCUT2D eigenvalue weighted by atomic mass is 10.1. The SMILES string of the molecule is O=C(N[C@H]1CCN(C(=O)[C@@H]2C[C@H](S)CN2C(=O)OCc2ccc([N+](=O)[O-])cc2)C1)[C@H]1CCCN1C(=O)OCc1ccc([N+](=O)[O-])cc1. The molecule has 16 nitrogen and oxygen atoms in total. The van der Waals surface area contributed by atoms with Crippen LogP contribution in [0.15, 0.2) is 48.5 Å². The quantitative estimate of drug-likeness (QED) is 0.227. The lowest BCUT2D eigenvalue weighted by Gasteiger charge is -2.28. The molecule has 4 amide bonds. The van der Waals surface area contributed by atoms with Crippen molar-refractivity contribution in [3.8, 4) is 0 Å². The van der Waals surface area contributed by atoms with E-state index in [1.165, 1.54) is 58.3 Å². The normalized spacial score (nSPS) is 22.2. The van der Waals surface area contributed by atoms with Gasteiger partial charge in [-0.25, -0.2) is 9.59 Å². The van der Waals surface area contributed by atoms with Gasteiger partial charge in [0.25, 0.3) is 11.4 Å². The van der Waals surface area contributed by atoms with Crippen LogP contribution in [0.25, 0.3) is 0 Å². The minimum absolute atomic E-state index is 0.0747. The highest BCUT2D eigenvalue weighted by Crippen LogP contribution is 2.27. The molecule has 0 saturated carbocycles. The number of non-ortho nitro benzene ring substituents is 2. The summed E-state index contributed by atoms with van der Waals surface area (Å²) in [6.07, 6.45) is 0.549. The van der Waals surface area contributed by atoms with Crippen LogP contribution in [-0.4, -0.2) is 98.1 Å². The fraction of sp³-hybridized carbons (Fsp3) is 0.467. The molecule has 2 aromatic carbocycles. The Morgan fingerprint density at radius 1 is 0.787 bits per heavy atom. The van der Waals surface area contributed by atoms with Gasteiger partial charge in [-0.1, -0.05) is 0 Å². The number of hydrogen-bond acceptors (Lipinski definition) is 11. The molecule has 0 bridgehead atoms. The molecule has 0 unspecified atom stereocenters. The van der Waals surface area contributed by atoms with Crippen LogP contribution in [0.1, 0.15) is 36.8 Å². The summed E-state index contributed by atoms with van der Waals surface area (Å²) in [4.78, 5) is 77.4. The van der Waals surface area contributed by atoms with Crippen molar-refractivity contribution in [1.82, 2.24) is 20.0 Å². The van der Waals surface area contributed by atoms with Crippen molar-refractivity contribution in [3.05, 3.63) is 79.9 Å². The first-order valence-corrected chi connectivity index (χ1v) is 15.6. The summed E-state index contributed by atoms with van der Waals surface area (Å²) in [5, 5.41) is 24.4. The second kappa shape index (κ2) is 14.7. The third-order valence-electron chi connectivity index (χ3n) is 8.45. The van der Waals surface area contributed by atoms with E-state index < -0.39 is 34.1 Å². The van der Waals surface area contributed by atoms with Gasteiger partial charge in [0.15, 0.2) is 0 Å². The zero-order valence-electron chi connectivity index (χ0n) is 25.3. The number of nitro benzene ring substituents is 2. The van der Waals surface area contributed by atoms with Gasteiger partial charge in [-0.3, -0.25) is 39.6 Å². The Morgan fingerprint density at radius 3 is 1.89 bits per heavy atom. The lowest BCUT2D eigenvalue weighted by molar-refractivity contribution is -0.385. The third-order valence-corrected chi connectivity index (χ3v) is 8.83.